The number of carbonyl (C=O) groups is 2. The summed E-state index contributed by atoms with van der Waals surface area (Å²) in [5.74, 6) is 2.28. The molecular weight excluding hydrogens is 276 g/mol. The summed E-state index contributed by atoms with van der Waals surface area (Å²) in [6, 6.07) is 0. The summed E-state index contributed by atoms with van der Waals surface area (Å²) in [4.78, 5) is 24.3. The van der Waals surface area contributed by atoms with E-state index in [0.717, 1.165) is 44.9 Å². The number of Topliss-reactive ketones (excluding diaryl/α,β-unsaturated/α-hetero) is 2. The quantitative estimate of drug-likeness (QED) is 0.747. The van der Waals surface area contributed by atoms with Gasteiger partial charge in [-0.25, -0.2) is 0 Å². The maximum atomic E-state index is 12.4. The van der Waals surface area contributed by atoms with Crippen LogP contribution in [0.4, 0.5) is 0 Å². The van der Waals surface area contributed by atoms with Crippen LogP contribution in [0.2, 0.25) is 0 Å². The van der Waals surface area contributed by atoms with E-state index in [9.17, 15) is 14.7 Å². The van der Waals surface area contributed by atoms with Crippen molar-refractivity contribution in [1.29, 1.82) is 0 Å². The minimum Gasteiger partial charge on any atom is -0.389 e. The summed E-state index contributed by atoms with van der Waals surface area (Å²) < 4.78 is 0. The normalized spacial score (nSPS) is 54.6. The average molecular weight is 304 g/mol. The predicted molar refractivity (Wildman–Crippen MR) is 83.2 cm³/mol. The summed E-state index contributed by atoms with van der Waals surface area (Å²) in [7, 11) is 0. The predicted octanol–water partition coefficient (Wildman–Crippen LogP) is 3.28. The van der Waals surface area contributed by atoms with Crippen LogP contribution in [-0.2, 0) is 9.59 Å². The highest BCUT2D eigenvalue weighted by Crippen LogP contribution is 2.66. The molecule has 0 spiro atoms. The molecule has 6 atom stereocenters. The average Bonchev–Trinajstić information content (AvgIpc) is 2.76. The first-order chi connectivity index (χ1) is 10.3. The second kappa shape index (κ2) is 4.43. The maximum Gasteiger partial charge on any atom is 0.139 e. The Morgan fingerprint density at radius 1 is 0.955 bits per heavy atom. The van der Waals surface area contributed by atoms with E-state index in [2.05, 4.69) is 13.8 Å². The second-order valence-electron chi connectivity index (χ2n) is 9.00. The van der Waals surface area contributed by atoms with Crippen LogP contribution >= 0.6 is 0 Å². The minimum absolute atomic E-state index is 0.0997. The monoisotopic (exact) mass is 304 g/mol. The van der Waals surface area contributed by atoms with E-state index in [0.29, 0.717) is 36.4 Å². The Bertz CT molecular complexity index is 541. The van der Waals surface area contributed by atoms with Gasteiger partial charge in [0.1, 0.15) is 11.6 Å². The van der Waals surface area contributed by atoms with E-state index < -0.39 is 5.60 Å². The Kier molecular flexibility index (Phi) is 3.00. The van der Waals surface area contributed by atoms with Crippen molar-refractivity contribution < 1.29 is 14.7 Å². The fourth-order valence-corrected chi connectivity index (χ4v) is 6.81. The molecule has 0 unspecified atom stereocenters. The smallest absolute Gasteiger partial charge is 0.139 e. The van der Waals surface area contributed by atoms with Crippen LogP contribution in [0.1, 0.15) is 71.6 Å². The molecule has 4 saturated carbocycles. The van der Waals surface area contributed by atoms with Gasteiger partial charge in [-0.1, -0.05) is 13.8 Å². The molecule has 0 heterocycles. The van der Waals surface area contributed by atoms with Crippen molar-refractivity contribution >= 4 is 11.6 Å². The molecule has 1 N–H and O–H groups in total. The lowest BCUT2D eigenvalue weighted by Gasteiger charge is -2.62. The molecule has 0 bridgehead atoms. The molecule has 0 amide bonds. The van der Waals surface area contributed by atoms with Crippen LogP contribution in [-0.4, -0.2) is 22.3 Å². The summed E-state index contributed by atoms with van der Waals surface area (Å²) in [5.41, 5.74) is -1.02. The topological polar surface area (TPSA) is 54.4 Å². The van der Waals surface area contributed by atoms with E-state index in [4.69, 9.17) is 0 Å². The lowest BCUT2D eigenvalue weighted by Crippen LogP contribution is -2.62. The van der Waals surface area contributed by atoms with Crippen molar-refractivity contribution in [1.82, 2.24) is 0 Å². The third kappa shape index (κ3) is 1.67. The number of fused-ring (bicyclic) bond motifs is 5. The third-order valence-corrected chi connectivity index (χ3v) is 8.33. The van der Waals surface area contributed by atoms with Gasteiger partial charge in [-0.15, -0.1) is 0 Å². The molecule has 4 fully saturated rings. The van der Waals surface area contributed by atoms with Gasteiger partial charge < -0.3 is 5.11 Å². The highest BCUT2D eigenvalue weighted by atomic mass is 16.3. The number of hydrogen-bond donors (Lipinski definition) is 1. The van der Waals surface area contributed by atoms with Crippen molar-refractivity contribution in [3.05, 3.63) is 0 Å². The Labute approximate surface area is 132 Å². The minimum atomic E-state index is -0.792. The van der Waals surface area contributed by atoms with Crippen molar-refractivity contribution in [3.63, 3.8) is 0 Å². The third-order valence-electron chi connectivity index (χ3n) is 8.33. The Balaban J connectivity index is 1.69. The molecular formula is C19H28O3. The fourth-order valence-electron chi connectivity index (χ4n) is 6.81. The molecule has 4 rings (SSSR count). The van der Waals surface area contributed by atoms with Gasteiger partial charge in [-0.2, -0.15) is 0 Å². The fraction of sp³-hybridized carbons (Fsp3) is 0.895. The molecule has 4 aliphatic carbocycles. The Hall–Kier alpha value is -0.700. The van der Waals surface area contributed by atoms with Crippen LogP contribution in [0.25, 0.3) is 0 Å². The van der Waals surface area contributed by atoms with Crippen LogP contribution < -0.4 is 0 Å². The Morgan fingerprint density at radius 3 is 2.50 bits per heavy atom. The van der Waals surface area contributed by atoms with Crippen LogP contribution in [0.15, 0.2) is 0 Å². The number of hydrogen-bond acceptors (Lipinski definition) is 3. The first-order valence-corrected chi connectivity index (χ1v) is 9.08. The van der Waals surface area contributed by atoms with Gasteiger partial charge >= 0.3 is 0 Å². The zero-order chi connectivity index (χ0) is 15.8. The Morgan fingerprint density at radius 2 is 1.73 bits per heavy atom. The molecule has 0 saturated heterocycles. The van der Waals surface area contributed by atoms with Crippen molar-refractivity contribution in [2.24, 2.45) is 28.6 Å². The number of aliphatic hydroxyl groups is 1. The summed E-state index contributed by atoms with van der Waals surface area (Å²) in [6.07, 6.45) is 7.40. The zero-order valence-corrected chi connectivity index (χ0v) is 13.9. The summed E-state index contributed by atoms with van der Waals surface area (Å²) >= 11 is 0. The molecule has 0 aromatic carbocycles. The lowest BCUT2D eigenvalue weighted by molar-refractivity contribution is -0.201. The van der Waals surface area contributed by atoms with Gasteiger partial charge in [0.05, 0.1) is 5.60 Å². The van der Waals surface area contributed by atoms with E-state index in [1.54, 1.807) is 0 Å². The number of ketones is 2. The summed E-state index contributed by atoms with van der Waals surface area (Å²) in [6.45, 7) is 4.42. The SMILES string of the molecule is C[C@]12CC[C@H]3[C@@H](CC[C@@]4(O)CC(=O)CC[C@]34C)[C@@H]1CCC2=O. The van der Waals surface area contributed by atoms with Crippen LogP contribution in [0, 0.1) is 28.6 Å². The molecule has 0 aliphatic heterocycles. The highest BCUT2D eigenvalue weighted by molar-refractivity contribution is 5.87. The van der Waals surface area contributed by atoms with E-state index in [-0.39, 0.29) is 16.6 Å². The highest BCUT2D eigenvalue weighted by Gasteiger charge is 2.64. The first-order valence-electron chi connectivity index (χ1n) is 9.08. The molecule has 122 valence electrons. The van der Waals surface area contributed by atoms with E-state index in [1.165, 1.54) is 0 Å². The number of carbonyl (C=O) groups excluding carboxylic acids is 2. The van der Waals surface area contributed by atoms with Gasteiger partial charge in [0.2, 0.25) is 0 Å². The second-order valence-corrected chi connectivity index (χ2v) is 9.00. The molecule has 0 aromatic rings. The molecule has 3 nitrogen and oxygen atoms in total. The van der Waals surface area contributed by atoms with Gasteiger partial charge in [0, 0.05) is 30.1 Å². The molecule has 3 heteroatoms. The van der Waals surface area contributed by atoms with E-state index >= 15 is 0 Å². The van der Waals surface area contributed by atoms with E-state index in [1.807, 2.05) is 0 Å². The van der Waals surface area contributed by atoms with Gasteiger partial charge in [0.25, 0.3) is 0 Å². The van der Waals surface area contributed by atoms with Crippen molar-refractivity contribution in [3.8, 4) is 0 Å². The molecule has 0 aromatic heterocycles. The molecule has 22 heavy (non-hydrogen) atoms. The number of rotatable bonds is 0. The van der Waals surface area contributed by atoms with Crippen molar-refractivity contribution in [2.45, 2.75) is 77.2 Å². The van der Waals surface area contributed by atoms with Crippen LogP contribution in [0.3, 0.4) is 0 Å². The first kappa shape index (κ1) is 14.9. The molecule has 0 radical (unpaired) electrons. The standard InChI is InChI=1S/C19H28O3/c1-17-8-7-15-13(14(17)3-4-16(17)21)6-10-19(22)11-12(20)5-9-18(15,19)2/h13-15,22H,3-11H2,1-2H3/t13-,14-,15-,17-,18+,19+/m0/s1. The van der Waals surface area contributed by atoms with Gasteiger partial charge in [0.15, 0.2) is 0 Å². The van der Waals surface area contributed by atoms with Crippen molar-refractivity contribution in [2.75, 3.05) is 0 Å². The molecule has 4 aliphatic rings. The summed E-state index contributed by atoms with van der Waals surface area (Å²) in [5, 5.41) is 11.2. The van der Waals surface area contributed by atoms with Crippen LogP contribution in [0.5, 0.6) is 0 Å². The lowest BCUT2D eigenvalue weighted by atomic mass is 9.44. The van der Waals surface area contributed by atoms with Gasteiger partial charge in [-0.3, -0.25) is 9.59 Å². The zero-order valence-electron chi connectivity index (χ0n) is 13.9. The largest absolute Gasteiger partial charge is 0.389 e. The van der Waals surface area contributed by atoms with Gasteiger partial charge in [-0.05, 0) is 56.3 Å². The maximum absolute atomic E-state index is 12.4.